The average Bonchev–Trinajstić information content (AvgIpc) is 3.30. The highest BCUT2D eigenvalue weighted by molar-refractivity contribution is 14.0. The molecule has 1 aromatic rings. The van der Waals surface area contributed by atoms with Crippen LogP contribution in [0.3, 0.4) is 0 Å². The van der Waals surface area contributed by atoms with Crippen molar-refractivity contribution < 1.29 is 4.74 Å². The van der Waals surface area contributed by atoms with E-state index >= 15 is 0 Å². The van der Waals surface area contributed by atoms with E-state index in [2.05, 4.69) is 27.0 Å². The molecule has 3 rings (SSSR count). The lowest BCUT2D eigenvalue weighted by Crippen LogP contribution is -2.44. The topological polar surface area (TPSA) is 40.1 Å². The van der Waals surface area contributed by atoms with Crippen LogP contribution in [0.2, 0.25) is 5.02 Å². The van der Waals surface area contributed by atoms with Gasteiger partial charge in [0, 0.05) is 31.7 Å². The molecule has 0 aliphatic carbocycles. The fraction of sp³-hybridized carbons (Fsp3) is 0.650. The summed E-state index contributed by atoms with van der Waals surface area (Å²) in [5.74, 6) is 2.58. The number of rotatable bonds is 6. The lowest BCUT2D eigenvalue weighted by molar-refractivity contribution is 0.222. The lowest BCUT2D eigenvalue weighted by atomic mass is 10.1. The zero-order valence-corrected chi connectivity index (χ0v) is 19.5. The van der Waals surface area contributed by atoms with Gasteiger partial charge in [-0.3, -0.25) is 4.99 Å². The summed E-state index contributed by atoms with van der Waals surface area (Å²) in [6, 6.07) is 7.50. The molecule has 1 N–H and O–H groups in total. The first kappa shape index (κ1) is 22.6. The largest absolute Gasteiger partial charge is 0.489 e. The zero-order chi connectivity index (χ0) is 18.4. The van der Waals surface area contributed by atoms with Crippen LogP contribution >= 0.6 is 35.6 Å². The second-order valence-corrected chi connectivity index (χ2v) is 7.86. The number of hydrogen-bond donors (Lipinski definition) is 1. The van der Waals surface area contributed by atoms with Crippen LogP contribution in [0.4, 0.5) is 0 Å². The van der Waals surface area contributed by atoms with Gasteiger partial charge in [-0.25, -0.2) is 0 Å². The number of halogens is 2. The molecule has 0 radical (unpaired) electrons. The van der Waals surface area contributed by atoms with Crippen LogP contribution < -0.4 is 10.1 Å². The number of hydrogen-bond acceptors (Lipinski definition) is 3. The Hall–Kier alpha value is -0.730. The number of nitrogens with one attached hydrogen (secondary N) is 1. The highest BCUT2D eigenvalue weighted by atomic mass is 127. The van der Waals surface area contributed by atoms with Crippen molar-refractivity contribution in [3.63, 3.8) is 0 Å². The van der Waals surface area contributed by atoms with Crippen LogP contribution in [0.25, 0.3) is 0 Å². The molecule has 1 aromatic carbocycles. The number of likely N-dealkylation sites (tertiary alicyclic amines) is 2. The van der Waals surface area contributed by atoms with Crippen LogP contribution in [-0.4, -0.2) is 68.2 Å². The number of ether oxygens (including phenoxy) is 1. The molecular formula is C20H32ClIN4O. The molecule has 27 heavy (non-hydrogen) atoms. The third kappa shape index (κ3) is 6.98. The molecule has 152 valence electrons. The Morgan fingerprint density at radius 1 is 1.26 bits per heavy atom. The third-order valence-corrected chi connectivity index (χ3v) is 5.46. The Balaban J connectivity index is 0.00000261. The monoisotopic (exact) mass is 506 g/mol. The molecule has 0 aromatic heterocycles. The Bertz CT molecular complexity index is 592. The molecule has 0 amide bonds. The highest BCUT2D eigenvalue weighted by Crippen LogP contribution is 2.20. The fourth-order valence-electron chi connectivity index (χ4n) is 3.86. The van der Waals surface area contributed by atoms with E-state index < -0.39 is 0 Å². The summed E-state index contributed by atoms with van der Waals surface area (Å²) in [5.41, 5.74) is 0. The van der Waals surface area contributed by atoms with Gasteiger partial charge in [-0.2, -0.15) is 0 Å². The van der Waals surface area contributed by atoms with Gasteiger partial charge in [-0.1, -0.05) is 11.6 Å². The van der Waals surface area contributed by atoms with Gasteiger partial charge in [0.1, 0.15) is 11.9 Å². The zero-order valence-electron chi connectivity index (χ0n) is 16.4. The fourth-order valence-corrected chi connectivity index (χ4v) is 3.98. The van der Waals surface area contributed by atoms with E-state index in [1.807, 2.05) is 31.3 Å². The second-order valence-electron chi connectivity index (χ2n) is 7.42. The standard InChI is InChI=1S/C20H31ClN4O.HI/c1-16(26-19-7-5-18(21)6-8-19)13-23-20(22-2)25-12-9-17(15-25)14-24-10-3-4-11-24;/h5-8,16-17H,3-4,9-15H2,1-2H3,(H,22,23);1H. The minimum absolute atomic E-state index is 0. The molecule has 2 heterocycles. The molecule has 2 atom stereocenters. The van der Waals surface area contributed by atoms with Crippen LogP contribution in [0.1, 0.15) is 26.2 Å². The van der Waals surface area contributed by atoms with E-state index in [0.717, 1.165) is 42.3 Å². The molecule has 7 heteroatoms. The lowest BCUT2D eigenvalue weighted by Gasteiger charge is -2.24. The number of aliphatic imine (C=N–C) groups is 1. The van der Waals surface area contributed by atoms with Crippen LogP contribution in [0, 0.1) is 5.92 Å². The second kappa shape index (κ2) is 11.3. The van der Waals surface area contributed by atoms with Crippen LogP contribution in [0.5, 0.6) is 5.75 Å². The Morgan fingerprint density at radius 2 is 1.96 bits per heavy atom. The van der Waals surface area contributed by atoms with Gasteiger partial charge in [-0.05, 0) is 69.5 Å². The molecular weight excluding hydrogens is 475 g/mol. The van der Waals surface area contributed by atoms with Gasteiger partial charge in [0.05, 0.1) is 6.54 Å². The molecule has 2 fully saturated rings. The molecule has 0 spiro atoms. The maximum atomic E-state index is 5.94. The summed E-state index contributed by atoms with van der Waals surface area (Å²) in [7, 11) is 1.86. The predicted molar refractivity (Wildman–Crippen MR) is 124 cm³/mol. The van der Waals surface area contributed by atoms with Crippen molar-refractivity contribution in [2.45, 2.75) is 32.3 Å². The molecule has 5 nitrogen and oxygen atoms in total. The number of nitrogens with zero attached hydrogens (tertiary/aromatic N) is 3. The first-order chi connectivity index (χ1) is 12.6. The van der Waals surface area contributed by atoms with E-state index in [-0.39, 0.29) is 30.1 Å². The Kier molecular flexibility index (Phi) is 9.45. The SMILES string of the molecule is CN=C(NCC(C)Oc1ccc(Cl)cc1)N1CCC(CN2CCCC2)C1.I. The van der Waals surface area contributed by atoms with Gasteiger partial charge < -0.3 is 19.9 Å². The van der Waals surface area contributed by atoms with Gasteiger partial charge in [0.2, 0.25) is 0 Å². The van der Waals surface area contributed by atoms with Gasteiger partial charge in [-0.15, -0.1) is 24.0 Å². The molecule has 2 unspecified atom stereocenters. The van der Waals surface area contributed by atoms with Crippen molar-refractivity contribution in [3.05, 3.63) is 29.3 Å². The van der Waals surface area contributed by atoms with Crippen molar-refractivity contribution >= 4 is 41.5 Å². The van der Waals surface area contributed by atoms with E-state index in [1.165, 1.54) is 38.9 Å². The van der Waals surface area contributed by atoms with Crippen molar-refractivity contribution in [1.82, 2.24) is 15.1 Å². The summed E-state index contributed by atoms with van der Waals surface area (Å²) in [4.78, 5) is 9.47. The highest BCUT2D eigenvalue weighted by Gasteiger charge is 2.27. The first-order valence-corrected chi connectivity index (χ1v) is 10.1. The summed E-state index contributed by atoms with van der Waals surface area (Å²) in [5, 5.41) is 4.19. The summed E-state index contributed by atoms with van der Waals surface area (Å²) in [6.45, 7) is 8.78. The number of guanidine groups is 1. The van der Waals surface area contributed by atoms with Crippen LogP contribution in [0.15, 0.2) is 29.3 Å². The summed E-state index contributed by atoms with van der Waals surface area (Å²) < 4.78 is 5.94. The maximum Gasteiger partial charge on any atom is 0.193 e. The average molecular weight is 507 g/mol. The van der Waals surface area contributed by atoms with E-state index in [9.17, 15) is 0 Å². The van der Waals surface area contributed by atoms with E-state index in [4.69, 9.17) is 16.3 Å². The predicted octanol–water partition coefficient (Wildman–Crippen LogP) is 3.72. The Labute approximate surface area is 185 Å². The van der Waals surface area contributed by atoms with E-state index in [1.54, 1.807) is 0 Å². The first-order valence-electron chi connectivity index (χ1n) is 9.74. The van der Waals surface area contributed by atoms with E-state index in [0.29, 0.717) is 0 Å². The quantitative estimate of drug-likeness (QED) is 0.363. The van der Waals surface area contributed by atoms with Crippen molar-refractivity contribution in [2.75, 3.05) is 46.3 Å². The minimum atomic E-state index is 0. The third-order valence-electron chi connectivity index (χ3n) is 5.21. The Morgan fingerprint density at radius 3 is 2.63 bits per heavy atom. The van der Waals surface area contributed by atoms with Crippen molar-refractivity contribution in [3.8, 4) is 5.75 Å². The molecule has 0 saturated carbocycles. The van der Waals surface area contributed by atoms with Crippen LogP contribution in [-0.2, 0) is 0 Å². The normalized spacial score (nSPS) is 21.8. The van der Waals surface area contributed by atoms with Gasteiger partial charge >= 0.3 is 0 Å². The molecule has 2 saturated heterocycles. The molecule has 0 bridgehead atoms. The minimum Gasteiger partial charge on any atom is -0.489 e. The number of benzene rings is 1. The maximum absolute atomic E-state index is 5.94. The van der Waals surface area contributed by atoms with Gasteiger partial charge in [0.25, 0.3) is 0 Å². The summed E-state index contributed by atoms with van der Waals surface area (Å²) >= 11 is 5.92. The summed E-state index contributed by atoms with van der Waals surface area (Å²) in [6.07, 6.45) is 4.04. The smallest absolute Gasteiger partial charge is 0.193 e. The van der Waals surface area contributed by atoms with Crippen molar-refractivity contribution in [2.24, 2.45) is 10.9 Å². The van der Waals surface area contributed by atoms with Gasteiger partial charge in [0.15, 0.2) is 5.96 Å². The van der Waals surface area contributed by atoms with Crippen molar-refractivity contribution in [1.29, 1.82) is 0 Å². The molecule has 2 aliphatic heterocycles. The molecule has 2 aliphatic rings.